The highest BCUT2D eigenvalue weighted by Gasteiger charge is 2.26. The van der Waals surface area contributed by atoms with Crippen LogP contribution in [0.4, 0.5) is 0 Å². The maximum atomic E-state index is 12.5. The van der Waals surface area contributed by atoms with Crippen molar-refractivity contribution in [3.05, 3.63) is 35.4 Å². The molecular formula is C18H25NO3. The zero-order valence-corrected chi connectivity index (χ0v) is 13.3. The third-order valence-corrected chi connectivity index (χ3v) is 4.35. The van der Waals surface area contributed by atoms with Gasteiger partial charge in [-0.2, -0.15) is 0 Å². The molecule has 1 aromatic carbocycles. The van der Waals surface area contributed by atoms with Gasteiger partial charge in [-0.3, -0.25) is 9.59 Å². The van der Waals surface area contributed by atoms with Crippen LogP contribution in [0.25, 0.3) is 0 Å². The molecule has 1 aliphatic rings. The number of benzene rings is 1. The second-order valence-corrected chi connectivity index (χ2v) is 6.16. The summed E-state index contributed by atoms with van der Waals surface area (Å²) in [7, 11) is 0. The average molecular weight is 303 g/mol. The standard InChI is InChI=1S/C18H25NO3/c1-14-5-4-6-15(13-14)8-10-17(20)19-12-3-2-7-16(19)9-11-18(21)22/h4-6,13,16H,2-3,7-12H2,1H3,(H,21,22)/t16-/m1/s1. The highest BCUT2D eigenvalue weighted by Crippen LogP contribution is 2.22. The predicted octanol–water partition coefficient (Wildman–Crippen LogP) is 3.17. The number of amides is 1. The van der Waals surface area contributed by atoms with Crippen LogP contribution in [-0.4, -0.2) is 34.5 Å². The van der Waals surface area contributed by atoms with Crippen LogP contribution in [0.3, 0.4) is 0 Å². The Morgan fingerprint density at radius 2 is 2.09 bits per heavy atom. The second-order valence-electron chi connectivity index (χ2n) is 6.16. The number of nitrogens with zero attached hydrogens (tertiary/aromatic N) is 1. The van der Waals surface area contributed by atoms with Crippen LogP contribution in [0.15, 0.2) is 24.3 Å². The van der Waals surface area contributed by atoms with E-state index in [0.717, 1.165) is 32.2 Å². The molecule has 120 valence electrons. The van der Waals surface area contributed by atoms with Crippen LogP contribution in [0.2, 0.25) is 0 Å². The average Bonchev–Trinajstić information content (AvgIpc) is 2.51. The van der Waals surface area contributed by atoms with Crippen LogP contribution in [0.1, 0.15) is 49.7 Å². The molecule has 1 fully saturated rings. The summed E-state index contributed by atoms with van der Waals surface area (Å²) in [6, 6.07) is 8.35. The molecule has 1 amide bonds. The van der Waals surface area contributed by atoms with Crippen molar-refractivity contribution >= 4 is 11.9 Å². The minimum absolute atomic E-state index is 0.106. The summed E-state index contributed by atoms with van der Waals surface area (Å²) in [5.41, 5.74) is 2.40. The fraction of sp³-hybridized carbons (Fsp3) is 0.556. The van der Waals surface area contributed by atoms with Crippen LogP contribution < -0.4 is 0 Å². The van der Waals surface area contributed by atoms with Gasteiger partial charge in [-0.1, -0.05) is 29.8 Å². The molecule has 4 nitrogen and oxygen atoms in total. The van der Waals surface area contributed by atoms with Gasteiger partial charge in [-0.15, -0.1) is 0 Å². The highest BCUT2D eigenvalue weighted by atomic mass is 16.4. The molecule has 1 aliphatic heterocycles. The van der Waals surface area contributed by atoms with Gasteiger partial charge in [-0.05, 0) is 44.6 Å². The molecule has 1 heterocycles. The molecule has 2 rings (SSSR count). The number of aryl methyl sites for hydroxylation is 2. The molecule has 1 saturated heterocycles. The van der Waals surface area contributed by atoms with E-state index in [1.54, 1.807) is 0 Å². The van der Waals surface area contributed by atoms with E-state index in [0.29, 0.717) is 12.8 Å². The molecule has 4 heteroatoms. The van der Waals surface area contributed by atoms with Gasteiger partial charge in [0, 0.05) is 25.4 Å². The lowest BCUT2D eigenvalue weighted by Gasteiger charge is -2.35. The lowest BCUT2D eigenvalue weighted by atomic mass is 9.97. The van der Waals surface area contributed by atoms with Crippen molar-refractivity contribution in [3.63, 3.8) is 0 Å². The maximum absolute atomic E-state index is 12.5. The lowest BCUT2D eigenvalue weighted by Crippen LogP contribution is -2.44. The minimum atomic E-state index is -0.780. The van der Waals surface area contributed by atoms with Gasteiger partial charge in [0.25, 0.3) is 0 Å². The third-order valence-electron chi connectivity index (χ3n) is 4.35. The van der Waals surface area contributed by atoms with Crippen molar-refractivity contribution in [2.24, 2.45) is 0 Å². The van der Waals surface area contributed by atoms with Crippen molar-refractivity contribution in [1.82, 2.24) is 4.90 Å². The summed E-state index contributed by atoms with van der Waals surface area (Å²) in [5.74, 6) is -0.616. The Bertz CT molecular complexity index is 527. The minimum Gasteiger partial charge on any atom is -0.481 e. The molecular weight excluding hydrogens is 278 g/mol. The first-order valence-electron chi connectivity index (χ1n) is 8.13. The van der Waals surface area contributed by atoms with Crippen LogP contribution in [0.5, 0.6) is 0 Å². The Morgan fingerprint density at radius 1 is 1.27 bits per heavy atom. The zero-order valence-electron chi connectivity index (χ0n) is 13.3. The smallest absolute Gasteiger partial charge is 0.303 e. The number of carbonyl (C=O) groups is 2. The molecule has 0 bridgehead atoms. The molecule has 1 aromatic rings. The number of rotatable bonds is 6. The van der Waals surface area contributed by atoms with E-state index < -0.39 is 5.97 Å². The van der Waals surface area contributed by atoms with Gasteiger partial charge in [-0.25, -0.2) is 0 Å². The Kier molecular flexibility index (Phi) is 5.99. The molecule has 0 saturated carbocycles. The summed E-state index contributed by atoms with van der Waals surface area (Å²) in [6.07, 6.45) is 5.03. The van der Waals surface area contributed by atoms with Gasteiger partial charge in [0.05, 0.1) is 0 Å². The second kappa shape index (κ2) is 7.97. The van der Waals surface area contributed by atoms with Gasteiger partial charge in [0.2, 0.25) is 5.91 Å². The SMILES string of the molecule is Cc1cccc(CCC(=O)N2CCCC[C@@H]2CCC(=O)O)c1. The molecule has 1 N–H and O–H groups in total. The fourth-order valence-corrected chi connectivity index (χ4v) is 3.18. The Hall–Kier alpha value is -1.84. The Labute approximate surface area is 132 Å². The van der Waals surface area contributed by atoms with E-state index in [1.165, 1.54) is 11.1 Å². The topological polar surface area (TPSA) is 57.6 Å². The van der Waals surface area contributed by atoms with E-state index in [9.17, 15) is 9.59 Å². The first kappa shape index (κ1) is 16.5. The number of piperidine rings is 1. The first-order valence-corrected chi connectivity index (χ1v) is 8.13. The van der Waals surface area contributed by atoms with E-state index >= 15 is 0 Å². The largest absolute Gasteiger partial charge is 0.481 e. The molecule has 22 heavy (non-hydrogen) atoms. The van der Waals surface area contributed by atoms with E-state index in [2.05, 4.69) is 25.1 Å². The summed E-state index contributed by atoms with van der Waals surface area (Å²) in [4.78, 5) is 25.2. The molecule has 0 aliphatic carbocycles. The van der Waals surface area contributed by atoms with Gasteiger partial charge < -0.3 is 10.0 Å². The van der Waals surface area contributed by atoms with Gasteiger partial charge in [0.15, 0.2) is 0 Å². The van der Waals surface area contributed by atoms with Crippen LogP contribution in [0, 0.1) is 6.92 Å². The zero-order chi connectivity index (χ0) is 15.9. The Morgan fingerprint density at radius 3 is 2.82 bits per heavy atom. The first-order chi connectivity index (χ1) is 10.6. The quantitative estimate of drug-likeness (QED) is 0.878. The molecule has 0 radical (unpaired) electrons. The summed E-state index contributed by atoms with van der Waals surface area (Å²) in [5, 5.41) is 8.84. The lowest BCUT2D eigenvalue weighted by molar-refractivity contribution is -0.140. The molecule has 0 spiro atoms. The third kappa shape index (κ3) is 4.86. The van der Waals surface area contributed by atoms with Crippen LogP contribution >= 0.6 is 0 Å². The Balaban J connectivity index is 1.89. The number of likely N-dealkylation sites (tertiary alicyclic amines) is 1. The van der Waals surface area contributed by atoms with Crippen LogP contribution in [-0.2, 0) is 16.0 Å². The molecule has 1 atom stereocenters. The summed E-state index contributed by atoms with van der Waals surface area (Å²) >= 11 is 0. The summed E-state index contributed by atoms with van der Waals surface area (Å²) < 4.78 is 0. The highest BCUT2D eigenvalue weighted by molar-refractivity contribution is 5.77. The predicted molar refractivity (Wildman–Crippen MR) is 85.7 cm³/mol. The number of hydrogen-bond acceptors (Lipinski definition) is 2. The number of carbonyl (C=O) groups excluding carboxylic acids is 1. The van der Waals surface area contributed by atoms with E-state index in [4.69, 9.17) is 5.11 Å². The number of aliphatic carboxylic acids is 1. The maximum Gasteiger partial charge on any atom is 0.303 e. The summed E-state index contributed by atoms with van der Waals surface area (Å²) in [6.45, 7) is 2.83. The van der Waals surface area contributed by atoms with Crippen molar-refractivity contribution in [3.8, 4) is 0 Å². The van der Waals surface area contributed by atoms with Gasteiger partial charge in [0.1, 0.15) is 0 Å². The molecule has 0 unspecified atom stereocenters. The number of carboxylic acid groups (broad SMARTS) is 1. The van der Waals surface area contributed by atoms with Crippen molar-refractivity contribution in [2.75, 3.05) is 6.54 Å². The normalized spacial score (nSPS) is 18.2. The number of carboxylic acids is 1. The van der Waals surface area contributed by atoms with Gasteiger partial charge >= 0.3 is 5.97 Å². The molecule has 0 aromatic heterocycles. The number of hydrogen-bond donors (Lipinski definition) is 1. The monoisotopic (exact) mass is 303 g/mol. The van der Waals surface area contributed by atoms with E-state index in [-0.39, 0.29) is 18.4 Å². The fourth-order valence-electron chi connectivity index (χ4n) is 3.18. The van der Waals surface area contributed by atoms with Crippen molar-refractivity contribution < 1.29 is 14.7 Å². The van der Waals surface area contributed by atoms with Crippen molar-refractivity contribution in [2.45, 2.75) is 57.9 Å². The van der Waals surface area contributed by atoms with E-state index in [1.807, 2.05) is 11.0 Å². The van der Waals surface area contributed by atoms with Crippen molar-refractivity contribution in [1.29, 1.82) is 0 Å².